The summed E-state index contributed by atoms with van der Waals surface area (Å²) in [6.07, 6.45) is 0.455. The largest absolute Gasteiger partial charge is 0.379 e. The Kier molecular flexibility index (Phi) is 19.9. The van der Waals surface area contributed by atoms with Gasteiger partial charge in [-0.2, -0.15) is 0 Å². The number of nitrogens with two attached hydrogens (primary N) is 1. The first kappa shape index (κ1) is 23.4. The van der Waals surface area contributed by atoms with E-state index in [2.05, 4.69) is 0 Å². The summed E-state index contributed by atoms with van der Waals surface area (Å²) in [7, 11) is 0. The lowest BCUT2D eigenvalue weighted by Crippen LogP contribution is -2.15. The summed E-state index contributed by atoms with van der Waals surface area (Å²) in [5.74, 6) is 0.134. The average molecular weight is 351 g/mol. The lowest BCUT2D eigenvalue weighted by molar-refractivity contribution is -0.118. The molecule has 0 aromatic heterocycles. The maximum absolute atomic E-state index is 10.7. The molecule has 0 aliphatic rings. The van der Waals surface area contributed by atoms with Crippen molar-refractivity contribution >= 4 is 5.78 Å². The van der Waals surface area contributed by atoms with Gasteiger partial charge in [0.05, 0.1) is 79.3 Å². The Morgan fingerprint density at radius 1 is 0.583 bits per heavy atom. The molecule has 2 N–H and O–H groups in total. The minimum Gasteiger partial charge on any atom is -0.379 e. The van der Waals surface area contributed by atoms with E-state index >= 15 is 0 Å². The van der Waals surface area contributed by atoms with E-state index in [9.17, 15) is 4.79 Å². The standard InChI is InChI=1S/C16H33NO7/c1-16(18)2-4-19-6-8-21-10-12-23-14-15-24-13-11-22-9-7-20-5-3-17/h2-15,17H2,1H3. The van der Waals surface area contributed by atoms with Gasteiger partial charge in [-0.25, -0.2) is 0 Å². The van der Waals surface area contributed by atoms with Gasteiger partial charge in [-0.05, 0) is 6.92 Å². The van der Waals surface area contributed by atoms with E-state index in [1.165, 1.54) is 0 Å². The Morgan fingerprint density at radius 3 is 1.17 bits per heavy atom. The molecule has 0 amide bonds. The average Bonchev–Trinajstić information content (AvgIpc) is 2.56. The van der Waals surface area contributed by atoms with Gasteiger partial charge in [0.1, 0.15) is 5.78 Å². The van der Waals surface area contributed by atoms with Crippen LogP contribution in [0, 0.1) is 0 Å². The molecule has 0 heterocycles. The van der Waals surface area contributed by atoms with E-state index in [1.807, 2.05) is 0 Å². The highest BCUT2D eigenvalue weighted by Gasteiger charge is 1.95. The molecular formula is C16H33NO7. The van der Waals surface area contributed by atoms with Crippen LogP contribution in [0.15, 0.2) is 0 Å². The lowest BCUT2D eigenvalue weighted by atomic mass is 10.3. The lowest BCUT2D eigenvalue weighted by Gasteiger charge is -2.08. The van der Waals surface area contributed by atoms with E-state index in [4.69, 9.17) is 34.2 Å². The minimum atomic E-state index is 0.134. The summed E-state index contributed by atoms with van der Waals surface area (Å²) >= 11 is 0. The maximum Gasteiger partial charge on any atom is 0.132 e. The second-order valence-corrected chi connectivity index (χ2v) is 4.91. The molecule has 0 spiro atoms. The van der Waals surface area contributed by atoms with E-state index in [0.717, 1.165) is 0 Å². The zero-order valence-electron chi connectivity index (χ0n) is 14.8. The van der Waals surface area contributed by atoms with Crippen LogP contribution in [0.4, 0.5) is 0 Å². The Labute approximate surface area is 144 Å². The third-order valence-electron chi connectivity index (χ3n) is 2.72. The van der Waals surface area contributed by atoms with E-state index in [0.29, 0.717) is 92.2 Å². The quantitative estimate of drug-likeness (QED) is 0.307. The molecule has 0 radical (unpaired) electrons. The SMILES string of the molecule is CC(=O)CCOCCOCCOCCOCCOCCOCCN. The summed E-state index contributed by atoms with van der Waals surface area (Å²) in [4.78, 5) is 10.7. The van der Waals surface area contributed by atoms with Crippen molar-refractivity contribution in [3.05, 3.63) is 0 Å². The van der Waals surface area contributed by atoms with Crippen LogP contribution in [0.3, 0.4) is 0 Å². The first-order valence-electron chi connectivity index (χ1n) is 8.43. The fourth-order valence-electron chi connectivity index (χ4n) is 1.50. The van der Waals surface area contributed by atoms with Gasteiger partial charge in [-0.3, -0.25) is 4.79 Å². The molecule has 24 heavy (non-hydrogen) atoms. The molecule has 0 saturated carbocycles. The van der Waals surface area contributed by atoms with Crippen LogP contribution >= 0.6 is 0 Å². The van der Waals surface area contributed by atoms with E-state index in [-0.39, 0.29) is 5.78 Å². The topological polar surface area (TPSA) is 98.5 Å². The van der Waals surface area contributed by atoms with Gasteiger partial charge >= 0.3 is 0 Å². The maximum atomic E-state index is 10.7. The highest BCUT2D eigenvalue weighted by Crippen LogP contribution is 1.86. The molecule has 0 atom stereocenters. The molecule has 0 aliphatic carbocycles. The molecule has 8 nitrogen and oxygen atoms in total. The van der Waals surface area contributed by atoms with Crippen molar-refractivity contribution in [3.8, 4) is 0 Å². The van der Waals surface area contributed by atoms with Crippen molar-refractivity contribution in [1.29, 1.82) is 0 Å². The van der Waals surface area contributed by atoms with Gasteiger partial charge in [-0.1, -0.05) is 0 Å². The Hall–Kier alpha value is -0.610. The van der Waals surface area contributed by atoms with Gasteiger partial charge in [-0.15, -0.1) is 0 Å². The van der Waals surface area contributed by atoms with Gasteiger partial charge in [0.2, 0.25) is 0 Å². The van der Waals surface area contributed by atoms with Gasteiger partial charge in [0.25, 0.3) is 0 Å². The first-order chi connectivity index (χ1) is 11.8. The van der Waals surface area contributed by atoms with Crippen LogP contribution in [-0.4, -0.2) is 91.6 Å². The van der Waals surface area contributed by atoms with Crippen molar-refractivity contribution in [2.24, 2.45) is 5.73 Å². The second kappa shape index (κ2) is 20.4. The normalized spacial score (nSPS) is 11.1. The smallest absolute Gasteiger partial charge is 0.132 e. The zero-order valence-corrected chi connectivity index (χ0v) is 14.8. The number of carbonyl (C=O) groups is 1. The number of carbonyl (C=O) groups excluding carboxylic acids is 1. The van der Waals surface area contributed by atoms with Crippen LogP contribution in [-0.2, 0) is 33.2 Å². The predicted octanol–water partition coefficient (Wildman–Crippen LogP) is 0.0238. The number of hydrogen-bond donors (Lipinski definition) is 1. The Balaban J connectivity index is 2.97. The van der Waals surface area contributed by atoms with Crippen LogP contribution in [0.2, 0.25) is 0 Å². The molecule has 0 unspecified atom stereocenters. The summed E-state index contributed by atoms with van der Waals surface area (Å²) in [6.45, 7) is 8.37. The van der Waals surface area contributed by atoms with Gasteiger partial charge in [0, 0.05) is 13.0 Å². The fraction of sp³-hybridized carbons (Fsp3) is 0.938. The summed E-state index contributed by atoms with van der Waals surface area (Å²) < 4.78 is 31.7. The predicted molar refractivity (Wildman–Crippen MR) is 89.3 cm³/mol. The Bertz CT molecular complexity index is 267. The van der Waals surface area contributed by atoms with Crippen LogP contribution in [0.5, 0.6) is 0 Å². The van der Waals surface area contributed by atoms with Gasteiger partial charge < -0.3 is 34.2 Å². The second-order valence-electron chi connectivity index (χ2n) is 4.91. The van der Waals surface area contributed by atoms with Crippen LogP contribution in [0.1, 0.15) is 13.3 Å². The number of Topliss-reactive ketones (excluding diaryl/α,β-unsaturated/α-hetero) is 1. The van der Waals surface area contributed by atoms with E-state index < -0.39 is 0 Å². The molecule has 0 bridgehead atoms. The molecule has 0 aromatic rings. The highest BCUT2D eigenvalue weighted by molar-refractivity contribution is 5.75. The zero-order chi connectivity index (χ0) is 17.7. The number of rotatable bonds is 20. The molecule has 144 valence electrons. The molecule has 0 rings (SSSR count). The Morgan fingerprint density at radius 2 is 0.875 bits per heavy atom. The molecular weight excluding hydrogens is 318 g/mol. The summed E-state index contributed by atoms with van der Waals surface area (Å²) in [5.41, 5.74) is 5.29. The third kappa shape index (κ3) is 21.4. The molecule has 0 aliphatic heterocycles. The number of ketones is 1. The minimum absolute atomic E-state index is 0.134. The number of hydrogen-bond acceptors (Lipinski definition) is 8. The van der Waals surface area contributed by atoms with Gasteiger partial charge in [0.15, 0.2) is 0 Å². The van der Waals surface area contributed by atoms with Crippen molar-refractivity contribution < 1.29 is 33.2 Å². The van der Waals surface area contributed by atoms with Crippen molar-refractivity contribution in [3.63, 3.8) is 0 Å². The summed E-state index contributed by atoms with van der Waals surface area (Å²) in [5, 5.41) is 0. The molecule has 0 saturated heterocycles. The third-order valence-corrected chi connectivity index (χ3v) is 2.72. The van der Waals surface area contributed by atoms with Crippen molar-refractivity contribution in [2.75, 3.05) is 85.8 Å². The van der Waals surface area contributed by atoms with Crippen molar-refractivity contribution in [1.82, 2.24) is 0 Å². The van der Waals surface area contributed by atoms with Crippen LogP contribution < -0.4 is 5.73 Å². The molecule has 0 aromatic carbocycles. The van der Waals surface area contributed by atoms with Crippen LogP contribution in [0.25, 0.3) is 0 Å². The highest BCUT2D eigenvalue weighted by atomic mass is 16.6. The monoisotopic (exact) mass is 351 g/mol. The number of ether oxygens (including phenoxy) is 6. The fourth-order valence-corrected chi connectivity index (χ4v) is 1.50. The van der Waals surface area contributed by atoms with E-state index in [1.54, 1.807) is 6.92 Å². The molecule has 0 fully saturated rings. The molecule has 8 heteroatoms. The summed E-state index contributed by atoms with van der Waals surface area (Å²) in [6, 6.07) is 0. The first-order valence-corrected chi connectivity index (χ1v) is 8.43. The van der Waals surface area contributed by atoms with Crippen molar-refractivity contribution in [2.45, 2.75) is 13.3 Å².